The lowest BCUT2D eigenvalue weighted by atomic mass is 10.2. The Morgan fingerprint density at radius 3 is 2.77 bits per heavy atom. The molecule has 1 aliphatic rings. The van der Waals surface area contributed by atoms with Gasteiger partial charge in [-0.2, -0.15) is 0 Å². The van der Waals surface area contributed by atoms with Gasteiger partial charge in [-0.25, -0.2) is 4.98 Å². The lowest BCUT2D eigenvalue weighted by Crippen LogP contribution is -2.23. The lowest BCUT2D eigenvalue weighted by molar-refractivity contribution is -0.384. The summed E-state index contributed by atoms with van der Waals surface area (Å²) in [6.45, 7) is 2.08. The maximum Gasteiger partial charge on any atom is 0.272 e. The highest BCUT2D eigenvalue weighted by molar-refractivity contribution is 8.00. The van der Waals surface area contributed by atoms with Crippen LogP contribution in [0.1, 0.15) is 18.2 Å². The van der Waals surface area contributed by atoms with E-state index in [1.165, 1.54) is 17.8 Å². The predicted octanol–water partition coefficient (Wildman–Crippen LogP) is 4.48. The zero-order valence-electron chi connectivity index (χ0n) is 16.4. The zero-order chi connectivity index (χ0) is 21.3. The molecule has 0 amide bonds. The average molecular weight is 442 g/mol. The number of benzene rings is 2. The zero-order valence-corrected chi connectivity index (χ0v) is 18.0. The Hall–Kier alpha value is -2.78. The summed E-state index contributed by atoms with van der Waals surface area (Å²) in [5.74, 6) is 1.17. The van der Waals surface area contributed by atoms with Crippen molar-refractivity contribution in [2.24, 2.45) is 0 Å². The van der Waals surface area contributed by atoms with Crippen LogP contribution in [-0.4, -0.2) is 26.8 Å². The van der Waals surface area contributed by atoms with Crippen molar-refractivity contribution in [3.63, 3.8) is 0 Å². The fourth-order valence-corrected chi connectivity index (χ4v) is 5.33. The summed E-state index contributed by atoms with van der Waals surface area (Å²) in [7, 11) is 1.59. The van der Waals surface area contributed by atoms with Gasteiger partial charge in [0, 0.05) is 29.6 Å². The molecule has 0 saturated heterocycles. The van der Waals surface area contributed by atoms with Crippen molar-refractivity contribution in [3.05, 3.63) is 80.3 Å². The number of nitro benzene ring substituents is 1. The predicted molar refractivity (Wildman–Crippen MR) is 118 cm³/mol. The van der Waals surface area contributed by atoms with E-state index in [9.17, 15) is 14.9 Å². The SMILES string of the molecule is COc1ccc(-n2c(SCc3cccc([N+](=O)[O-])c3)nc3c(c2=O)SC(C)C3)cc1. The van der Waals surface area contributed by atoms with Gasteiger partial charge in [0.15, 0.2) is 5.16 Å². The second-order valence-corrected chi connectivity index (χ2v) is 9.25. The van der Waals surface area contributed by atoms with Crippen LogP contribution in [0, 0.1) is 10.1 Å². The van der Waals surface area contributed by atoms with E-state index >= 15 is 0 Å². The molecule has 1 aromatic heterocycles. The summed E-state index contributed by atoms with van der Waals surface area (Å²) < 4.78 is 6.84. The lowest BCUT2D eigenvalue weighted by Gasteiger charge is -2.14. The highest BCUT2D eigenvalue weighted by Gasteiger charge is 2.27. The largest absolute Gasteiger partial charge is 0.497 e. The second-order valence-electron chi connectivity index (χ2n) is 6.86. The summed E-state index contributed by atoms with van der Waals surface area (Å²) in [5.41, 5.74) is 2.29. The monoisotopic (exact) mass is 441 g/mol. The van der Waals surface area contributed by atoms with Crippen molar-refractivity contribution in [3.8, 4) is 11.4 Å². The van der Waals surface area contributed by atoms with Gasteiger partial charge in [-0.3, -0.25) is 19.5 Å². The van der Waals surface area contributed by atoms with Gasteiger partial charge in [0.1, 0.15) is 5.75 Å². The number of nitro groups is 1. The number of hydrogen-bond donors (Lipinski definition) is 0. The summed E-state index contributed by atoms with van der Waals surface area (Å²) in [4.78, 5) is 29.4. The molecule has 9 heteroatoms. The second kappa shape index (κ2) is 8.53. The molecule has 0 bridgehead atoms. The van der Waals surface area contributed by atoms with E-state index in [4.69, 9.17) is 9.72 Å². The third kappa shape index (κ3) is 4.08. The van der Waals surface area contributed by atoms with E-state index in [0.29, 0.717) is 32.5 Å². The number of non-ortho nitro benzene ring substituents is 1. The molecule has 0 radical (unpaired) electrons. The maximum atomic E-state index is 13.3. The van der Waals surface area contributed by atoms with Crippen molar-refractivity contribution >= 4 is 29.2 Å². The number of hydrogen-bond acceptors (Lipinski definition) is 7. The topological polar surface area (TPSA) is 87.3 Å². The molecule has 30 heavy (non-hydrogen) atoms. The molecular weight excluding hydrogens is 422 g/mol. The molecular formula is C21H19N3O4S2. The molecule has 3 aromatic rings. The number of thioether (sulfide) groups is 2. The Bertz CT molecular complexity index is 1160. The van der Waals surface area contributed by atoms with Crippen LogP contribution in [0.15, 0.2) is 63.4 Å². The number of nitrogens with zero attached hydrogens (tertiary/aromatic N) is 3. The van der Waals surface area contributed by atoms with Crippen molar-refractivity contribution < 1.29 is 9.66 Å². The van der Waals surface area contributed by atoms with Crippen LogP contribution in [-0.2, 0) is 12.2 Å². The fourth-order valence-electron chi connectivity index (χ4n) is 3.26. The van der Waals surface area contributed by atoms with Gasteiger partial charge in [-0.1, -0.05) is 30.8 Å². The number of rotatable bonds is 6. The first kappa shape index (κ1) is 20.5. The number of aromatic nitrogens is 2. The smallest absolute Gasteiger partial charge is 0.272 e. The first-order chi connectivity index (χ1) is 14.5. The Kier molecular flexibility index (Phi) is 5.83. The molecule has 0 aliphatic carbocycles. The molecule has 0 saturated carbocycles. The van der Waals surface area contributed by atoms with Crippen molar-refractivity contribution in [1.29, 1.82) is 0 Å². The molecule has 0 N–H and O–H groups in total. The van der Waals surface area contributed by atoms with Crippen LogP contribution < -0.4 is 10.3 Å². The van der Waals surface area contributed by atoms with Gasteiger partial charge < -0.3 is 4.74 Å². The molecule has 1 aliphatic heterocycles. The normalized spacial score (nSPS) is 15.1. The molecule has 154 valence electrons. The van der Waals surface area contributed by atoms with Crippen LogP contribution in [0.4, 0.5) is 5.69 Å². The molecule has 7 nitrogen and oxygen atoms in total. The Morgan fingerprint density at radius 1 is 1.30 bits per heavy atom. The van der Waals surface area contributed by atoms with Crippen LogP contribution >= 0.6 is 23.5 Å². The van der Waals surface area contributed by atoms with Crippen molar-refractivity contribution in [2.45, 2.75) is 34.4 Å². The minimum absolute atomic E-state index is 0.0489. The number of fused-ring (bicyclic) bond motifs is 1. The molecule has 2 heterocycles. The molecule has 0 fully saturated rings. The third-order valence-electron chi connectivity index (χ3n) is 4.70. The summed E-state index contributed by atoms with van der Waals surface area (Å²) in [5, 5.41) is 11.9. The summed E-state index contributed by atoms with van der Waals surface area (Å²) >= 11 is 2.95. The van der Waals surface area contributed by atoms with E-state index in [2.05, 4.69) is 6.92 Å². The highest BCUT2D eigenvalue weighted by Crippen LogP contribution is 2.35. The van der Waals surface area contributed by atoms with Gasteiger partial charge in [0.2, 0.25) is 0 Å². The van der Waals surface area contributed by atoms with E-state index in [1.807, 2.05) is 18.2 Å². The van der Waals surface area contributed by atoms with Crippen LogP contribution in [0.25, 0.3) is 5.69 Å². The highest BCUT2D eigenvalue weighted by atomic mass is 32.2. The molecule has 1 atom stereocenters. The first-order valence-electron chi connectivity index (χ1n) is 9.29. The Balaban J connectivity index is 1.73. The summed E-state index contributed by atoms with van der Waals surface area (Å²) in [6, 6.07) is 13.8. The van der Waals surface area contributed by atoms with E-state index in [1.54, 1.807) is 47.7 Å². The molecule has 4 rings (SSSR count). The third-order valence-corrected chi connectivity index (χ3v) is 6.93. The minimum Gasteiger partial charge on any atom is -0.497 e. The maximum absolute atomic E-state index is 13.3. The molecule has 2 aromatic carbocycles. The minimum atomic E-state index is -0.409. The number of ether oxygens (including phenoxy) is 1. The fraction of sp³-hybridized carbons (Fsp3) is 0.238. The van der Waals surface area contributed by atoms with Gasteiger partial charge in [-0.05, 0) is 29.8 Å². The van der Waals surface area contributed by atoms with Gasteiger partial charge in [0.05, 0.1) is 28.3 Å². The van der Waals surface area contributed by atoms with Crippen LogP contribution in [0.2, 0.25) is 0 Å². The van der Waals surface area contributed by atoms with Crippen molar-refractivity contribution in [1.82, 2.24) is 9.55 Å². The first-order valence-corrected chi connectivity index (χ1v) is 11.2. The molecule has 1 unspecified atom stereocenters. The molecule has 0 spiro atoms. The van der Waals surface area contributed by atoms with E-state index in [-0.39, 0.29) is 11.2 Å². The van der Waals surface area contributed by atoms with Crippen LogP contribution in [0.5, 0.6) is 5.75 Å². The van der Waals surface area contributed by atoms with Gasteiger partial charge >= 0.3 is 0 Å². The standard InChI is InChI=1S/C21H19N3O4S2/c1-13-10-18-19(30-13)20(25)23(15-6-8-17(28-2)9-7-15)21(22-18)29-12-14-4-3-5-16(11-14)24(26)27/h3-9,11,13H,10,12H2,1-2H3. The quantitative estimate of drug-likeness (QED) is 0.241. The average Bonchev–Trinajstić information content (AvgIpc) is 3.13. The van der Waals surface area contributed by atoms with Gasteiger partial charge in [-0.15, -0.1) is 11.8 Å². The van der Waals surface area contributed by atoms with E-state index < -0.39 is 4.92 Å². The van der Waals surface area contributed by atoms with Gasteiger partial charge in [0.25, 0.3) is 11.2 Å². The van der Waals surface area contributed by atoms with Crippen LogP contribution in [0.3, 0.4) is 0 Å². The summed E-state index contributed by atoms with van der Waals surface area (Å²) in [6.07, 6.45) is 0.753. The van der Waals surface area contributed by atoms with Crippen molar-refractivity contribution in [2.75, 3.05) is 7.11 Å². The number of methoxy groups -OCH3 is 1. The Morgan fingerprint density at radius 2 is 2.07 bits per heavy atom. The van der Waals surface area contributed by atoms with E-state index in [0.717, 1.165) is 17.7 Å². The Labute approximate surface area is 181 Å².